The minimum absolute atomic E-state index is 0.0875. The third-order valence-corrected chi connectivity index (χ3v) is 4.40. The van der Waals surface area contributed by atoms with E-state index in [1.165, 1.54) is 0 Å². The lowest BCUT2D eigenvalue weighted by atomic mass is 10.2. The van der Waals surface area contributed by atoms with Crippen molar-refractivity contribution in [2.75, 3.05) is 31.1 Å². The first-order chi connectivity index (χ1) is 12.5. The third kappa shape index (κ3) is 4.36. The van der Waals surface area contributed by atoms with E-state index in [2.05, 4.69) is 20.2 Å². The van der Waals surface area contributed by atoms with Crippen LogP contribution in [0.1, 0.15) is 28.8 Å². The maximum Gasteiger partial charge on any atom is 0.270 e. The zero-order chi connectivity index (χ0) is 18.5. The summed E-state index contributed by atoms with van der Waals surface area (Å²) in [4.78, 5) is 36.6. The highest BCUT2D eigenvalue weighted by Crippen LogP contribution is 2.15. The van der Waals surface area contributed by atoms with Gasteiger partial charge in [0.05, 0.1) is 0 Å². The van der Waals surface area contributed by atoms with Gasteiger partial charge in [0, 0.05) is 45.7 Å². The van der Waals surface area contributed by atoms with Crippen LogP contribution in [0.5, 0.6) is 0 Å². The average molecular weight is 353 g/mol. The van der Waals surface area contributed by atoms with Gasteiger partial charge in [-0.1, -0.05) is 30.3 Å². The van der Waals surface area contributed by atoms with Crippen molar-refractivity contribution in [3.63, 3.8) is 0 Å². The minimum atomic E-state index is -0.219. The molecule has 0 bridgehead atoms. The normalized spacial score (nSPS) is 14.2. The van der Waals surface area contributed by atoms with Gasteiger partial charge in [0.15, 0.2) is 0 Å². The summed E-state index contributed by atoms with van der Waals surface area (Å²) in [5.41, 5.74) is 1.39. The van der Waals surface area contributed by atoms with Crippen LogP contribution in [0.2, 0.25) is 0 Å². The Morgan fingerprint density at radius 3 is 2.42 bits per heavy atom. The number of carbonyl (C=O) groups excluding carboxylic acids is 2. The van der Waals surface area contributed by atoms with Gasteiger partial charge in [0.2, 0.25) is 5.91 Å². The summed E-state index contributed by atoms with van der Waals surface area (Å²) >= 11 is 0. The summed E-state index contributed by atoms with van der Waals surface area (Å²) in [6, 6.07) is 11.5. The molecule has 2 heterocycles. The maximum absolute atomic E-state index is 12.5. The van der Waals surface area contributed by atoms with Crippen molar-refractivity contribution in [1.82, 2.24) is 20.2 Å². The zero-order valence-corrected chi connectivity index (χ0v) is 15.1. The average Bonchev–Trinajstić information content (AvgIpc) is 2.66. The highest BCUT2D eigenvalue weighted by atomic mass is 16.2. The molecule has 1 saturated heterocycles. The molecule has 1 N–H and O–H groups in total. The minimum Gasteiger partial charge on any atom is -0.353 e. The molecule has 2 aromatic rings. The highest BCUT2D eigenvalue weighted by molar-refractivity contribution is 5.92. The smallest absolute Gasteiger partial charge is 0.270 e. The Bertz CT molecular complexity index is 786. The monoisotopic (exact) mass is 353 g/mol. The van der Waals surface area contributed by atoms with Crippen LogP contribution < -0.4 is 10.2 Å². The molecule has 1 aromatic carbocycles. The molecule has 26 heavy (non-hydrogen) atoms. The topological polar surface area (TPSA) is 78.4 Å². The first kappa shape index (κ1) is 17.8. The second kappa shape index (κ2) is 7.95. The standard InChI is InChI=1S/C19H23N5O2/c1-14-21-17(19(26)20-13-16-6-4-3-5-7-16)12-18(22-14)24-10-8-23(9-11-24)15(2)25/h3-7,12H,8-11,13H2,1-2H3,(H,20,26). The quantitative estimate of drug-likeness (QED) is 0.898. The lowest BCUT2D eigenvalue weighted by Crippen LogP contribution is -2.48. The molecule has 0 radical (unpaired) electrons. The van der Waals surface area contributed by atoms with Crippen LogP contribution in [0.3, 0.4) is 0 Å². The Hall–Kier alpha value is -2.96. The van der Waals surface area contributed by atoms with Crippen molar-refractivity contribution in [3.05, 3.63) is 53.5 Å². The molecule has 1 fully saturated rings. The zero-order valence-electron chi connectivity index (χ0n) is 15.1. The second-order valence-corrected chi connectivity index (χ2v) is 6.32. The number of anilines is 1. The van der Waals surface area contributed by atoms with E-state index in [4.69, 9.17) is 0 Å². The van der Waals surface area contributed by atoms with Gasteiger partial charge in [-0.2, -0.15) is 0 Å². The summed E-state index contributed by atoms with van der Waals surface area (Å²) in [6.45, 7) is 6.53. The van der Waals surface area contributed by atoms with E-state index < -0.39 is 0 Å². The van der Waals surface area contributed by atoms with E-state index in [0.29, 0.717) is 44.2 Å². The Morgan fingerprint density at radius 1 is 1.08 bits per heavy atom. The van der Waals surface area contributed by atoms with Crippen molar-refractivity contribution >= 4 is 17.6 Å². The molecular weight excluding hydrogens is 330 g/mol. The highest BCUT2D eigenvalue weighted by Gasteiger charge is 2.21. The number of aryl methyl sites for hydroxylation is 1. The predicted molar refractivity (Wildman–Crippen MR) is 98.8 cm³/mol. The number of aromatic nitrogens is 2. The van der Waals surface area contributed by atoms with E-state index >= 15 is 0 Å². The molecule has 0 spiro atoms. The number of nitrogens with zero attached hydrogens (tertiary/aromatic N) is 4. The Labute approximate surface area is 153 Å². The molecule has 136 valence electrons. The van der Waals surface area contributed by atoms with Crippen LogP contribution in [-0.2, 0) is 11.3 Å². The van der Waals surface area contributed by atoms with Crippen molar-refractivity contribution in [2.24, 2.45) is 0 Å². The number of rotatable bonds is 4. The SMILES string of the molecule is CC(=O)N1CCN(c2cc(C(=O)NCc3ccccc3)nc(C)n2)CC1. The molecule has 1 aliphatic rings. The van der Waals surface area contributed by atoms with Crippen molar-refractivity contribution in [3.8, 4) is 0 Å². The fourth-order valence-electron chi connectivity index (χ4n) is 2.95. The number of piperazine rings is 1. The van der Waals surface area contributed by atoms with Crippen LogP contribution in [0.25, 0.3) is 0 Å². The van der Waals surface area contributed by atoms with Crippen molar-refractivity contribution < 1.29 is 9.59 Å². The summed E-state index contributed by atoms with van der Waals surface area (Å²) < 4.78 is 0. The Kier molecular flexibility index (Phi) is 5.46. The summed E-state index contributed by atoms with van der Waals surface area (Å²) in [7, 11) is 0. The molecule has 0 aliphatic carbocycles. The van der Waals surface area contributed by atoms with Crippen molar-refractivity contribution in [1.29, 1.82) is 0 Å². The van der Waals surface area contributed by atoms with Gasteiger partial charge in [-0.3, -0.25) is 9.59 Å². The fourth-order valence-corrected chi connectivity index (χ4v) is 2.95. The molecule has 3 rings (SSSR count). The molecule has 0 atom stereocenters. The Balaban J connectivity index is 1.67. The van der Waals surface area contributed by atoms with Crippen LogP contribution in [0.4, 0.5) is 5.82 Å². The molecule has 0 unspecified atom stereocenters. The van der Waals surface area contributed by atoms with Crippen molar-refractivity contribution in [2.45, 2.75) is 20.4 Å². The second-order valence-electron chi connectivity index (χ2n) is 6.32. The van der Waals surface area contributed by atoms with Gasteiger partial charge in [-0.05, 0) is 12.5 Å². The number of hydrogen-bond donors (Lipinski definition) is 1. The molecule has 1 aromatic heterocycles. The number of nitrogens with one attached hydrogen (secondary N) is 1. The van der Waals surface area contributed by atoms with Gasteiger partial charge >= 0.3 is 0 Å². The largest absolute Gasteiger partial charge is 0.353 e. The Morgan fingerprint density at radius 2 is 1.77 bits per heavy atom. The number of amides is 2. The lowest BCUT2D eigenvalue weighted by Gasteiger charge is -2.35. The maximum atomic E-state index is 12.5. The molecule has 7 nitrogen and oxygen atoms in total. The molecular formula is C19H23N5O2. The van der Waals surface area contributed by atoms with E-state index in [0.717, 1.165) is 11.4 Å². The molecule has 0 saturated carbocycles. The van der Waals surface area contributed by atoms with Gasteiger partial charge in [0.1, 0.15) is 17.3 Å². The fraction of sp³-hybridized carbons (Fsp3) is 0.368. The van der Waals surface area contributed by atoms with Gasteiger partial charge in [-0.15, -0.1) is 0 Å². The van der Waals surface area contributed by atoms with Gasteiger partial charge in [0.25, 0.3) is 5.91 Å². The third-order valence-electron chi connectivity index (χ3n) is 4.40. The van der Waals surface area contributed by atoms with Crippen LogP contribution in [-0.4, -0.2) is 52.9 Å². The van der Waals surface area contributed by atoms with Crippen LogP contribution >= 0.6 is 0 Å². The number of benzene rings is 1. The van der Waals surface area contributed by atoms with E-state index in [-0.39, 0.29) is 11.8 Å². The molecule has 2 amide bonds. The van der Waals surface area contributed by atoms with E-state index in [9.17, 15) is 9.59 Å². The van der Waals surface area contributed by atoms with E-state index in [1.54, 1.807) is 19.9 Å². The van der Waals surface area contributed by atoms with Crippen LogP contribution in [0.15, 0.2) is 36.4 Å². The lowest BCUT2D eigenvalue weighted by molar-refractivity contribution is -0.129. The number of carbonyl (C=O) groups is 2. The van der Waals surface area contributed by atoms with Gasteiger partial charge < -0.3 is 15.1 Å². The van der Waals surface area contributed by atoms with Crippen LogP contribution in [0, 0.1) is 6.92 Å². The molecule has 1 aliphatic heterocycles. The summed E-state index contributed by atoms with van der Waals surface area (Å²) in [5, 5.41) is 2.89. The predicted octanol–water partition coefficient (Wildman–Crippen LogP) is 1.38. The summed E-state index contributed by atoms with van der Waals surface area (Å²) in [6.07, 6.45) is 0. The van der Waals surface area contributed by atoms with Gasteiger partial charge in [-0.25, -0.2) is 9.97 Å². The first-order valence-corrected chi connectivity index (χ1v) is 8.71. The number of hydrogen-bond acceptors (Lipinski definition) is 5. The summed E-state index contributed by atoms with van der Waals surface area (Å²) in [5.74, 6) is 1.15. The van der Waals surface area contributed by atoms with E-state index in [1.807, 2.05) is 35.2 Å². The first-order valence-electron chi connectivity index (χ1n) is 8.71. The molecule has 7 heteroatoms.